The molecule has 3 aromatic rings. The highest BCUT2D eigenvalue weighted by Gasteiger charge is 2.16. The van der Waals surface area contributed by atoms with Gasteiger partial charge in [0.1, 0.15) is 5.82 Å². The van der Waals surface area contributed by atoms with Crippen LogP contribution in [0.4, 0.5) is 10.3 Å². The molecule has 0 saturated carbocycles. The molecule has 6 nitrogen and oxygen atoms in total. The largest absolute Gasteiger partial charge is 0.378 e. The number of nitrogens with zero attached hydrogens (tertiary/aromatic N) is 5. The van der Waals surface area contributed by atoms with Crippen LogP contribution in [0.5, 0.6) is 0 Å². The highest BCUT2D eigenvalue weighted by molar-refractivity contribution is 5.62. The quantitative estimate of drug-likeness (QED) is 0.734. The van der Waals surface area contributed by atoms with Crippen molar-refractivity contribution in [1.29, 1.82) is 0 Å². The summed E-state index contributed by atoms with van der Waals surface area (Å²) in [6, 6.07) is 8.22. The Morgan fingerprint density at radius 3 is 2.80 bits per heavy atom. The number of anilines is 1. The Bertz CT molecular complexity index is 889. The van der Waals surface area contributed by atoms with E-state index in [2.05, 4.69) is 20.0 Å². The van der Waals surface area contributed by atoms with Crippen LogP contribution in [0.25, 0.3) is 16.9 Å². The zero-order chi connectivity index (χ0) is 17.2. The molecule has 128 valence electrons. The Balaban J connectivity index is 1.68. The fourth-order valence-electron chi connectivity index (χ4n) is 2.88. The zero-order valence-electron chi connectivity index (χ0n) is 13.9. The summed E-state index contributed by atoms with van der Waals surface area (Å²) in [5.41, 5.74) is 3.21. The van der Waals surface area contributed by atoms with Crippen LogP contribution in [0, 0.1) is 12.7 Å². The molecule has 0 spiro atoms. The van der Waals surface area contributed by atoms with E-state index >= 15 is 0 Å². The van der Waals surface area contributed by atoms with Gasteiger partial charge in [-0.2, -0.15) is 5.10 Å². The van der Waals surface area contributed by atoms with Crippen LogP contribution in [0.2, 0.25) is 0 Å². The van der Waals surface area contributed by atoms with Crippen molar-refractivity contribution >= 4 is 5.95 Å². The van der Waals surface area contributed by atoms with E-state index in [-0.39, 0.29) is 5.82 Å². The van der Waals surface area contributed by atoms with Gasteiger partial charge in [0.05, 0.1) is 30.3 Å². The Labute approximate surface area is 144 Å². The first-order valence-electron chi connectivity index (χ1n) is 8.19. The zero-order valence-corrected chi connectivity index (χ0v) is 13.9. The summed E-state index contributed by atoms with van der Waals surface area (Å²) in [5, 5.41) is 4.50. The molecule has 3 heterocycles. The lowest BCUT2D eigenvalue weighted by Crippen LogP contribution is -2.37. The van der Waals surface area contributed by atoms with Gasteiger partial charge in [0.15, 0.2) is 0 Å². The molecular formula is C18H18FN5O. The number of halogens is 1. The predicted molar refractivity (Wildman–Crippen MR) is 92.3 cm³/mol. The summed E-state index contributed by atoms with van der Waals surface area (Å²) >= 11 is 0. The van der Waals surface area contributed by atoms with Crippen LogP contribution in [0.15, 0.2) is 42.7 Å². The minimum Gasteiger partial charge on any atom is -0.378 e. The first-order chi connectivity index (χ1) is 12.2. The number of ether oxygens (including phenoxy) is 1. The van der Waals surface area contributed by atoms with Crippen LogP contribution in [0.1, 0.15) is 5.69 Å². The molecule has 1 fully saturated rings. The van der Waals surface area contributed by atoms with E-state index < -0.39 is 0 Å². The maximum absolute atomic E-state index is 13.5. The van der Waals surface area contributed by atoms with Crippen molar-refractivity contribution in [2.75, 3.05) is 31.2 Å². The molecule has 0 aliphatic carbocycles. The molecule has 1 saturated heterocycles. The second kappa shape index (κ2) is 6.60. The Hall–Kier alpha value is -2.80. The Morgan fingerprint density at radius 1 is 1.16 bits per heavy atom. The monoisotopic (exact) mass is 339 g/mol. The van der Waals surface area contributed by atoms with Gasteiger partial charge in [-0.3, -0.25) is 0 Å². The lowest BCUT2D eigenvalue weighted by Gasteiger charge is -2.26. The summed E-state index contributed by atoms with van der Waals surface area (Å²) in [6.45, 7) is 4.85. The van der Waals surface area contributed by atoms with Gasteiger partial charge in [0, 0.05) is 31.0 Å². The second-order valence-electron chi connectivity index (χ2n) is 5.89. The topological polar surface area (TPSA) is 56.1 Å². The number of hydrogen-bond acceptors (Lipinski definition) is 5. The molecule has 0 unspecified atom stereocenters. The van der Waals surface area contributed by atoms with E-state index in [1.54, 1.807) is 16.9 Å². The number of benzene rings is 1. The minimum absolute atomic E-state index is 0.288. The number of hydrogen-bond donors (Lipinski definition) is 0. The lowest BCUT2D eigenvalue weighted by atomic mass is 10.2. The molecule has 1 aliphatic rings. The van der Waals surface area contributed by atoms with Gasteiger partial charge < -0.3 is 9.64 Å². The first kappa shape index (κ1) is 15.7. The average molecular weight is 339 g/mol. The molecule has 2 aromatic heterocycles. The summed E-state index contributed by atoms with van der Waals surface area (Å²) in [5.74, 6) is 0.405. The summed E-state index contributed by atoms with van der Waals surface area (Å²) in [6.07, 6.45) is 3.63. The second-order valence-corrected chi connectivity index (χ2v) is 5.89. The van der Waals surface area contributed by atoms with Gasteiger partial charge >= 0.3 is 0 Å². The Morgan fingerprint density at radius 2 is 2.00 bits per heavy atom. The molecule has 0 N–H and O–H groups in total. The van der Waals surface area contributed by atoms with Crippen molar-refractivity contribution < 1.29 is 9.13 Å². The molecule has 1 aromatic carbocycles. The molecule has 1 aliphatic heterocycles. The number of aryl methyl sites for hydroxylation is 1. The smallest absolute Gasteiger partial charge is 0.226 e. The fraction of sp³-hybridized carbons (Fsp3) is 0.278. The van der Waals surface area contributed by atoms with Gasteiger partial charge in [-0.15, -0.1) is 0 Å². The number of rotatable bonds is 3. The molecular weight excluding hydrogens is 321 g/mol. The third kappa shape index (κ3) is 3.23. The third-order valence-electron chi connectivity index (χ3n) is 4.18. The van der Waals surface area contributed by atoms with Crippen molar-refractivity contribution in [3.63, 3.8) is 0 Å². The van der Waals surface area contributed by atoms with E-state index in [4.69, 9.17) is 4.74 Å². The van der Waals surface area contributed by atoms with E-state index in [1.165, 1.54) is 12.1 Å². The Kier molecular flexibility index (Phi) is 4.15. The van der Waals surface area contributed by atoms with E-state index in [0.29, 0.717) is 24.8 Å². The van der Waals surface area contributed by atoms with Crippen LogP contribution in [-0.4, -0.2) is 46.1 Å². The molecule has 0 bridgehead atoms. The van der Waals surface area contributed by atoms with E-state index in [1.807, 2.05) is 25.3 Å². The summed E-state index contributed by atoms with van der Waals surface area (Å²) in [7, 11) is 0. The van der Waals surface area contributed by atoms with E-state index in [0.717, 1.165) is 30.0 Å². The molecule has 7 heteroatoms. The SMILES string of the molecule is Cc1nn(-c2cccc(F)c2)cc1-c1ccnc(N2CCOCC2)n1. The minimum atomic E-state index is -0.288. The van der Waals surface area contributed by atoms with Crippen LogP contribution in [0.3, 0.4) is 0 Å². The van der Waals surface area contributed by atoms with Gasteiger partial charge in [-0.1, -0.05) is 6.07 Å². The van der Waals surface area contributed by atoms with Crippen molar-refractivity contribution in [1.82, 2.24) is 19.7 Å². The highest BCUT2D eigenvalue weighted by atomic mass is 19.1. The fourth-order valence-corrected chi connectivity index (χ4v) is 2.88. The predicted octanol–water partition coefficient (Wildman–Crippen LogP) is 2.61. The first-order valence-corrected chi connectivity index (χ1v) is 8.19. The lowest BCUT2D eigenvalue weighted by molar-refractivity contribution is 0.122. The number of morpholine rings is 1. The van der Waals surface area contributed by atoms with Crippen molar-refractivity contribution in [2.45, 2.75) is 6.92 Å². The third-order valence-corrected chi connectivity index (χ3v) is 4.18. The molecule has 0 amide bonds. The van der Waals surface area contributed by atoms with Crippen LogP contribution in [-0.2, 0) is 4.74 Å². The van der Waals surface area contributed by atoms with Gasteiger partial charge in [-0.25, -0.2) is 19.0 Å². The van der Waals surface area contributed by atoms with Crippen LogP contribution >= 0.6 is 0 Å². The standard InChI is InChI=1S/C18H18FN5O/c1-13-16(12-24(22-13)15-4-2-3-14(19)11-15)17-5-6-20-18(21-17)23-7-9-25-10-8-23/h2-6,11-12H,7-10H2,1H3. The van der Waals surface area contributed by atoms with Crippen molar-refractivity contribution in [3.05, 3.63) is 54.2 Å². The molecule has 4 rings (SSSR count). The van der Waals surface area contributed by atoms with Gasteiger partial charge in [-0.05, 0) is 31.2 Å². The molecule has 0 radical (unpaired) electrons. The van der Waals surface area contributed by atoms with Gasteiger partial charge in [0.2, 0.25) is 5.95 Å². The van der Waals surface area contributed by atoms with E-state index in [9.17, 15) is 4.39 Å². The summed E-state index contributed by atoms with van der Waals surface area (Å²) in [4.78, 5) is 11.2. The van der Waals surface area contributed by atoms with Crippen molar-refractivity contribution in [3.8, 4) is 16.9 Å². The maximum atomic E-state index is 13.5. The van der Waals surface area contributed by atoms with Crippen LogP contribution < -0.4 is 4.90 Å². The normalized spacial score (nSPS) is 14.7. The summed E-state index contributed by atoms with van der Waals surface area (Å²) < 4.78 is 20.5. The van der Waals surface area contributed by atoms with Crippen molar-refractivity contribution in [2.24, 2.45) is 0 Å². The maximum Gasteiger partial charge on any atom is 0.226 e. The molecule has 25 heavy (non-hydrogen) atoms. The highest BCUT2D eigenvalue weighted by Crippen LogP contribution is 2.24. The average Bonchev–Trinajstić information content (AvgIpc) is 3.04. The number of aromatic nitrogens is 4. The van der Waals surface area contributed by atoms with Gasteiger partial charge in [0.25, 0.3) is 0 Å². The molecule has 0 atom stereocenters.